The summed E-state index contributed by atoms with van der Waals surface area (Å²) >= 11 is 0. The fraction of sp³-hybridized carbons (Fsp3) is 0.500. The Morgan fingerprint density at radius 2 is 2.06 bits per heavy atom. The average molecular weight is 232 g/mol. The Hall–Kier alpha value is -1.53. The van der Waals surface area contributed by atoms with E-state index in [1.165, 1.54) is 0 Å². The zero-order valence-corrected chi connectivity index (χ0v) is 10.9. The number of rotatable bonds is 4. The monoisotopic (exact) mass is 232 g/mol. The molecule has 0 radical (unpaired) electrons. The van der Waals surface area contributed by atoms with Crippen LogP contribution in [0.5, 0.6) is 0 Å². The van der Waals surface area contributed by atoms with Crippen LogP contribution in [0.4, 0.5) is 5.69 Å². The maximum atomic E-state index is 9.76. The van der Waals surface area contributed by atoms with Crippen molar-refractivity contribution in [3.8, 4) is 6.07 Å². The molecular formula is C14H20N2O. The largest absolute Gasteiger partial charge is 0.389 e. The molecule has 0 saturated heterocycles. The molecular weight excluding hydrogens is 212 g/mol. The van der Waals surface area contributed by atoms with Crippen molar-refractivity contribution in [1.82, 2.24) is 0 Å². The first-order valence-corrected chi connectivity index (χ1v) is 5.96. The van der Waals surface area contributed by atoms with E-state index in [2.05, 4.69) is 24.8 Å². The fourth-order valence-electron chi connectivity index (χ4n) is 1.78. The molecule has 0 fully saturated rings. The zero-order valence-electron chi connectivity index (χ0n) is 10.9. The molecule has 0 aliphatic heterocycles. The topological polar surface area (TPSA) is 47.3 Å². The molecule has 0 spiro atoms. The summed E-state index contributed by atoms with van der Waals surface area (Å²) < 4.78 is 0. The van der Waals surface area contributed by atoms with Crippen molar-refractivity contribution in [2.24, 2.45) is 0 Å². The van der Waals surface area contributed by atoms with Crippen molar-refractivity contribution in [2.45, 2.75) is 39.3 Å². The Kier molecular flexibility index (Phi) is 4.53. The van der Waals surface area contributed by atoms with E-state index >= 15 is 0 Å². The Bertz CT molecular complexity index is 421. The summed E-state index contributed by atoms with van der Waals surface area (Å²) in [4.78, 5) is 2.11. The van der Waals surface area contributed by atoms with Gasteiger partial charge in [0, 0.05) is 24.3 Å². The zero-order chi connectivity index (χ0) is 13.0. The predicted octanol–water partition coefficient (Wildman–Crippen LogP) is 2.85. The van der Waals surface area contributed by atoms with E-state index < -0.39 is 6.10 Å². The van der Waals surface area contributed by atoms with Crippen molar-refractivity contribution < 1.29 is 5.11 Å². The van der Waals surface area contributed by atoms with E-state index in [1.54, 1.807) is 13.0 Å². The van der Waals surface area contributed by atoms with Gasteiger partial charge in [0.1, 0.15) is 0 Å². The maximum Gasteiger partial charge on any atom is 0.0992 e. The third-order valence-electron chi connectivity index (χ3n) is 3.24. The van der Waals surface area contributed by atoms with E-state index in [9.17, 15) is 5.11 Å². The molecule has 0 amide bonds. The Morgan fingerprint density at radius 3 is 2.53 bits per heavy atom. The summed E-state index contributed by atoms with van der Waals surface area (Å²) in [5, 5.41) is 18.7. The maximum absolute atomic E-state index is 9.76. The van der Waals surface area contributed by atoms with Crippen molar-refractivity contribution in [3.05, 3.63) is 29.3 Å². The second-order valence-corrected chi connectivity index (χ2v) is 4.43. The molecule has 1 rings (SSSR count). The predicted molar refractivity (Wildman–Crippen MR) is 69.9 cm³/mol. The number of hydrogen-bond donors (Lipinski definition) is 1. The number of anilines is 1. The first-order valence-electron chi connectivity index (χ1n) is 5.96. The number of aliphatic hydroxyl groups is 1. The van der Waals surface area contributed by atoms with Gasteiger partial charge >= 0.3 is 0 Å². The summed E-state index contributed by atoms with van der Waals surface area (Å²) in [6.07, 6.45) is 0.497. The van der Waals surface area contributed by atoms with Gasteiger partial charge in [0.15, 0.2) is 0 Å². The molecule has 0 aliphatic rings. The van der Waals surface area contributed by atoms with E-state index in [1.807, 2.05) is 19.2 Å². The van der Waals surface area contributed by atoms with E-state index in [4.69, 9.17) is 5.26 Å². The smallest absolute Gasteiger partial charge is 0.0992 e. The highest BCUT2D eigenvalue weighted by Crippen LogP contribution is 2.28. The standard InChI is InChI=1S/C14H20N2O/c1-5-10(2)16(4)14-8-12(9-15)6-7-13(14)11(3)17/h6-8,10-11,17H,5H2,1-4H3/t10?,11-/m0/s1. The van der Waals surface area contributed by atoms with Crippen molar-refractivity contribution in [3.63, 3.8) is 0 Å². The average Bonchev–Trinajstić information content (AvgIpc) is 2.35. The molecule has 1 N–H and O–H groups in total. The van der Waals surface area contributed by atoms with Crippen LogP contribution in [0.25, 0.3) is 0 Å². The number of nitrogens with zero attached hydrogens (tertiary/aromatic N) is 2. The van der Waals surface area contributed by atoms with Gasteiger partial charge in [0.2, 0.25) is 0 Å². The van der Waals surface area contributed by atoms with Crippen LogP contribution in [-0.4, -0.2) is 18.2 Å². The lowest BCUT2D eigenvalue weighted by Crippen LogP contribution is -2.29. The second kappa shape index (κ2) is 5.70. The third-order valence-corrected chi connectivity index (χ3v) is 3.24. The highest BCUT2D eigenvalue weighted by atomic mass is 16.3. The molecule has 1 aromatic carbocycles. The molecule has 1 aromatic rings. The van der Waals surface area contributed by atoms with Crippen molar-refractivity contribution >= 4 is 5.69 Å². The van der Waals surface area contributed by atoms with Crippen LogP contribution in [-0.2, 0) is 0 Å². The summed E-state index contributed by atoms with van der Waals surface area (Å²) in [5.41, 5.74) is 2.43. The van der Waals surface area contributed by atoms with Gasteiger partial charge in [-0.15, -0.1) is 0 Å². The first-order chi connectivity index (χ1) is 8.01. The van der Waals surface area contributed by atoms with Crippen LogP contribution < -0.4 is 4.90 Å². The van der Waals surface area contributed by atoms with E-state index in [-0.39, 0.29) is 0 Å². The van der Waals surface area contributed by atoms with Crippen LogP contribution in [0.3, 0.4) is 0 Å². The van der Waals surface area contributed by atoms with Gasteiger partial charge in [-0.2, -0.15) is 5.26 Å². The third kappa shape index (κ3) is 2.98. The molecule has 1 unspecified atom stereocenters. The molecule has 2 atom stereocenters. The van der Waals surface area contributed by atoms with Gasteiger partial charge in [-0.3, -0.25) is 0 Å². The normalized spacial score (nSPS) is 13.9. The minimum absolute atomic E-state index is 0.376. The van der Waals surface area contributed by atoms with Crippen LogP contribution in [0, 0.1) is 11.3 Å². The molecule has 0 aromatic heterocycles. The number of hydrogen-bond acceptors (Lipinski definition) is 3. The van der Waals surface area contributed by atoms with Gasteiger partial charge in [0.25, 0.3) is 0 Å². The second-order valence-electron chi connectivity index (χ2n) is 4.43. The molecule has 92 valence electrons. The van der Waals surface area contributed by atoms with Crippen molar-refractivity contribution in [1.29, 1.82) is 5.26 Å². The van der Waals surface area contributed by atoms with Crippen molar-refractivity contribution in [2.75, 3.05) is 11.9 Å². The van der Waals surface area contributed by atoms with Gasteiger partial charge < -0.3 is 10.0 Å². The first kappa shape index (κ1) is 13.5. The van der Waals surface area contributed by atoms with Crippen LogP contribution in [0.15, 0.2) is 18.2 Å². The quantitative estimate of drug-likeness (QED) is 0.868. The van der Waals surface area contributed by atoms with E-state index in [0.717, 1.165) is 17.7 Å². The summed E-state index contributed by atoms with van der Waals surface area (Å²) in [5.74, 6) is 0. The Morgan fingerprint density at radius 1 is 1.41 bits per heavy atom. The van der Waals surface area contributed by atoms with E-state index in [0.29, 0.717) is 11.6 Å². The SMILES string of the molecule is CCC(C)N(C)c1cc(C#N)ccc1[C@H](C)O. The minimum Gasteiger partial charge on any atom is -0.389 e. The fourth-order valence-corrected chi connectivity index (χ4v) is 1.78. The number of nitriles is 1. The number of aliphatic hydroxyl groups excluding tert-OH is 1. The van der Waals surface area contributed by atoms with Gasteiger partial charge in [-0.05, 0) is 32.4 Å². The Balaban J connectivity index is 3.22. The van der Waals surface area contributed by atoms with Crippen LogP contribution >= 0.6 is 0 Å². The molecule has 0 bridgehead atoms. The molecule has 0 heterocycles. The summed E-state index contributed by atoms with van der Waals surface area (Å²) in [7, 11) is 2.00. The lowest BCUT2D eigenvalue weighted by Gasteiger charge is -2.29. The molecule has 0 saturated carbocycles. The Labute approximate surface area is 103 Å². The molecule has 3 heteroatoms. The lowest BCUT2D eigenvalue weighted by molar-refractivity contribution is 0.199. The number of benzene rings is 1. The van der Waals surface area contributed by atoms with Crippen LogP contribution in [0.1, 0.15) is 44.4 Å². The minimum atomic E-state index is -0.524. The van der Waals surface area contributed by atoms with Gasteiger partial charge in [-0.1, -0.05) is 13.0 Å². The molecule has 0 aliphatic carbocycles. The van der Waals surface area contributed by atoms with Gasteiger partial charge in [0.05, 0.1) is 17.7 Å². The molecule has 17 heavy (non-hydrogen) atoms. The molecule has 3 nitrogen and oxygen atoms in total. The summed E-state index contributed by atoms with van der Waals surface area (Å²) in [6.45, 7) is 6.00. The van der Waals surface area contributed by atoms with Gasteiger partial charge in [-0.25, -0.2) is 0 Å². The highest BCUT2D eigenvalue weighted by Gasteiger charge is 2.15. The van der Waals surface area contributed by atoms with Crippen LogP contribution in [0.2, 0.25) is 0 Å². The highest BCUT2D eigenvalue weighted by molar-refractivity contribution is 5.58. The summed E-state index contributed by atoms with van der Waals surface area (Å²) in [6, 6.07) is 7.93. The lowest BCUT2D eigenvalue weighted by atomic mass is 10.0.